The molecule has 6 heteroatoms. The Labute approximate surface area is 151 Å². The third-order valence-corrected chi connectivity index (χ3v) is 3.86. The van der Waals surface area contributed by atoms with Crippen molar-refractivity contribution in [2.24, 2.45) is 0 Å². The molecule has 0 heterocycles. The molecule has 0 aromatic heterocycles. The summed E-state index contributed by atoms with van der Waals surface area (Å²) >= 11 is 5.78. The van der Waals surface area contributed by atoms with Crippen molar-refractivity contribution in [1.82, 2.24) is 5.32 Å². The molecule has 0 aliphatic heterocycles. The lowest BCUT2D eigenvalue weighted by Crippen LogP contribution is -2.36. The second kappa shape index (κ2) is 9.08. The molecule has 0 saturated carbocycles. The SMILES string of the molecule is C[C@@H](CCc1ccccc1)NC(=O)COC(=O)c1cc(Cl)ccc1O. The number of carbonyl (C=O) groups excluding carboxylic acids is 2. The summed E-state index contributed by atoms with van der Waals surface area (Å²) in [5.74, 6) is -1.44. The normalized spacial score (nSPS) is 11.6. The number of benzene rings is 2. The number of amides is 1. The van der Waals surface area contributed by atoms with E-state index in [-0.39, 0.29) is 17.4 Å². The molecular weight excluding hydrogens is 342 g/mol. The van der Waals surface area contributed by atoms with Crippen LogP contribution in [0.15, 0.2) is 48.5 Å². The van der Waals surface area contributed by atoms with Gasteiger partial charge in [-0.1, -0.05) is 41.9 Å². The molecule has 132 valence electrons. The number of rotatable bonds is 7. The van der Waals surface area contributed by atoms with Crippen molar-refractivity contribution in [3.63, 3.8) is 0 Å². The highest BCUT2D eigenvalue weighted by molar-refractivity contribution is 6.31. The summed E-state index contributed by atoms with van der Waals surface area (Å²) in [4.78, 5) is 23.8. The molecule has 0 aliphatic rings. The molecule has 5 nitrogen and oxygen atoms in total. The molecule has 0 unspecified atom stereocenters. The molecule has 0 radical (unpaired) electrons. The van der Waals surface area contributed by atoms with Crippen LogP contribution >= 0.6 is 11.6 Å². The van der Waals surface area contributed by atoms with Crippen LogP contribution in [0.5, 0.6) is 5.75 Å². The van der Waals surface area contributed by atoms with Gasteiger partial charge < -0.3 is 15.2 Å². The molecule has 2 rings (SSSR count). The Morgan fingerprint density at radius 1 is 1.20 bits per heavy atom. The summed E-state index contributed by atoms with van der Waals surface area (Å²) in [5, 5.41) is 12.7. The molecule has 0 aliphatic carbocycles. The molecule has 2 aromatic carbocycles. The van der Waals surface area contributed by atoms with Crippen LogP contribution in [0.25, 0.3) is 0 Å². The van der Waals surface area contributed by atoms with E-state index in [0.29, 0.717) is 5.02 Å². The Hall–Kier alpha value is -2.53. The van der Waals surface area contributed by atoms with E-state index in [1.807, 2.05) is 37.3 Å². The van der Waals surface area contributed by atoms with E-state index >= 15 is 0 Å². The number of phenolic OH excluding ortho intramolecular Hbond substituents is 1. The first-order valence-electron chi connectivity index (χ1n) is 7.94. The predicted molar refractivity (Wildman–Crippen MR) is 95.8 cm³/mol. The summed E-state index contributed by atoms with van der Waals surface area (Å²) in [5.41, 5.74) is 1.13. The number of carbonyl (C=O) groups is 2. The first kappa shape index (κ1) is 18.8. The van der Waals surface area contributed by atoms with Crippen molar-refractivity contribution in [2.75, 3.05) is 6.61 Å². The smallest absolute Gasteiger partial charge is 0.342 e. The minimum Gasteiger partial charge on any atom is -0.507 e. The highest BCUT2D eigenvalue weighted by atomic mass is 35.5. The van der Waals surface area contributed by atoms with Gasteiger partial charge in [-0.3, -0.25) is 4.79 Å². The van der Waals surface area contributed by atoms with E-state index in [4.69, 9.17) is 16.3 Å². The van der Waals surface area contributed by atoms with Crippen LogP contribution in [-0.4, -0.2) is 29.6 Å². The van der Waals surface area contributed by atoms with Gasteiger partial charge in [-0.05, 0) is 43.5 Å². The van der Waals surface area contributed by atoms with Gasteiger partial charge in [-0.25, -0.2) is 4.79 Å². The molecule has 2 N–H and O–H groups in total. The summed E-state index contributed by atoms with van der Waals surface area (Å²) in [6.45, 7) is 1.48. The molecule has 1 atom stereocenters. The highest BCUT2D eigenvalue weighted by Crippen LogP contribution is 2.22. The minimum atomic E-state index is -0.799. The van der Waals surface area contributed by atoms with Crippen LogP contribution in [0, 0.1) is 0 Å². The third-order valence-electron chi connectivity index (χ3n) is 3.63. The van der Waals surface area contributed by atoms with Gasteiger partial charge in [0.05, 0.1) is 0 Å². The van der Waals surface area contributed by atoms with Crippen molar-refractivity contribution in [1.29, 1.82) is 0 Å². The second-order valence-electron chi connectivity index (χ2n) is 5.73. The lowest BCUT2D eigenvalue weighted by molar-refractivity contribution is -0.124. The van der Waals surface area contributed by atoms with E-state index < -0.39 is 18.5 Å². The molecular formula is C19H20ClNO4. The Kier molecular flexibility index (Phi) is 6.83. The van der Waals surface area contributed by atoms with Gasteiger partial charge in [-0.15, -0.1) is 0 Å². The van der Waals surface area contributed by atoms with Crippen LogP contribution < -0.4 is 5.32 Å². The molecule has 0 saturated heterocycles. The van der Waals surface area contributed by atoms with Crippen LogP contribution in [0.1, 0.15) is 29.3 Å². The van der Waals surface area contributed by atoms with Gasteiger partial charge in [0, 0.05) is 11.1 Å². The minimum absolute atomic E-state index is 0.0500. The predicted octanol–water partition coefficient (Wildman–Crippen LogP) is 3.34. The van der Waals surface area contributed by atoms with E-state index in [9.17, 15) is 14.7 Å². The molecule has 0 spiro atoms. The summed E-state index contributed by atoms with van der Waals surface area (Å²) < 4.78 is 4.92. The van der Waals surface area contributed by atoms with Crippen molar-refractivity contribution in [3.05, 3.63) is 64.7 Å². The Morgan fingerprint density at radius 2 is 1.92 bits per heavy atom. The zero-order valence-corrected chi connectivity index (χ0v) is 14.6. The lowest BCUT2D eigenvalue weighted by Gasteiger charge is -2.14. The first-order chi connectivity index (χ1) is 12.0. The van der Waals surface area contributed by atoms with Crippen molar-refractivity contribution < 1.29 is 19.4 Å². The number of aromatic hydroxyl groups is 1. The quantitative estimate of drug-likeness (QED) is 0.741. The maximum Gasteiger partial charge on any atom is 0.342 e. The number of aryl methyl sites for hydroxylation is 1. The lowest BCUT2D eigenvalue weighted by atomic mass is 10.1. The number of ether oxygens (including phenoxy) is 1. The molecule has 0 fully saturated rings. The van der Waals surface area contributed by atoms with Crippen LogP contribution in [-0.2, 0) is 16.0 Å². The highest BCUT2D eigenvalue weighted by Gasteiger charge is 2.16. The summed E-state index contributed by atoms with van der Waals surface area (Å²) in [6.07, 6.45) is 1.62. The van der Waals surface area contributed by atoms with E-state index in [1.165, 1.54) is 23.8 Å². The standard InChI is InChI=1S/C19H20ClNO4/c1-13(7-8-14-5-3-2-4-6-14)21-18(23)12-25-19(24)16-11-15(20)9-10-17(16)22/h2-6,9-11,13,22H,7-8,12H2,1H3,(H,21,23)/t13-/m0/s1. The average Bonchev–Trinajstić information content (AvgIpc) is 2.61. The zero-order valence-electron chi connectivity index (χ0n) is 13.9. The maximum atomic E-state index is 11.9. The van der Waals surface area contributed by atoms with Gasteiger partial charge in [0.15, 0.2) is 6.61 Å². The molecule has 0 bridgehead atoms. The van der Waals surface area contributed by atoms with Gasteiger partial charge in [0.2, 0.25) is 0 Å². The van der Waals surface area contributed by atoms with Crippen molar-refractivity contribution in [2.45, 2.75) is 25.8 Å². The van der Waals surface area contributed by atoms with Gasteiger partial charge in [0.25, 0.3) is 5.91 Å². The van der Waals surface area contributed by atoms with Crippen LogP contribution in [0.4, 0.5) is 0 Å². The second-order valence-corrected chi connectivity index (χ2v) is 6.17. The maximum absolute atomic E-state index is 11.9. The first-order valence-corrected chi connectivity index (χ1v) is 8.32. The van der Waals surface area contributed by atoms with Gasteiger partial charge >= 0.3 is 5.97 Å². The van der Waals surface area contributed by atoms with Crippen LogP contribution in [0.2, 0.25) is 5.02 Å². The number of hydrogen-bond donors (Lipinski definition) is 2. The van der Waals surface area contributed by atoms with Crippen LogP contribution in [0.3, 0.4) is 0 Å². The largest absolute Gasteiger partial charge is 0.507 e. The average molecular weight is 362 g/mol. The molecule has 2 aromatic rings. The molecule has 1 amide bonds. The number of hydrogen-bond acceptors (Lipinski definition) is 4. The van der Waals surface area contributed by atoms with E-state index in [1.54, 1.807) is 0 Å². The van der Waals surface area contributed by atoms with Gasteiger partial charge in [-0.2, -0.15) is 0 Å². The molecule has 25 heavy (non-hydrogen) atoms. The fraction of sp³-hybridized carbons (Fsp3) is 0.263. The zero-order chi connectivity index (χ0) is 18.2. The number of nitrogens with one attached hydrogen (secondary N) is 1. The van der Waals surface area contributed by atoms with Gasteiger partial charge in [0.1, 0.15) is 11.3 Å². The van der Waals surface area contributed by atoms with E-state index in [0.717, 1.165) is 12.8 Å². The Bertz CT molecular complexity index is 733. The third kappa shape index (κ3) is 6.12. The fourth-order valence-corrected chi connectivity index (χ4v) is 2.47. The van der Waals surface area contributed by atoms with Crippen molar-refractivity contribution in [3.8, 4) is 5.75 Å². The number of esters is 1. The monoisotopic (exact) mass is 361 g/mol. The topological polar surface area (TPSA) is 75.6 Å². The number of halogens is 1. The summed E-state index contributed by atoms with van der Waals surface area (Å²) in [6, 6.07) is 14.0. The van der Waals surface area contributed by atoms with E-state index in [2.05, 4.69) is 5.32 Å². The fourth-order valence-electron chi connectivity index (χ4n) is 2.30. The number of phenols is 1. The van der Waals surface area contributed by atoms with Crippen molar-refractivity contribution >= 4 is 23.5 Å². The Morgan fingerprint density at radius 3 is 2.64 bits per heavy atom. The summed E-state index contributed by atoms with van der Waals surface area (Å²) in [7, 11) is 0. The Balaban J connectivity index is 1.76.